The molecule has 3 aliphatic rings. The molecular weight excluding hydrogens is 449 g/mol. The van der Waals surface area contributed by atoms with Gasteiger partial charge in [-0.2, -0.15) is 13.2 Å². The summed E-state index contributed by atoms with van der Waals surface area (Å²) in [6, 6.07) is 5.64. The van der Waals surface area contributed by atoms with Gasteiger partial charge < -0.3 is 15.8 Å². The minimum atomic E-state index is -4.54. The topological polar surface area (TPSA) is 97.0 Å². The third-order valence-corrected chi connectivity index (χ3v) is 7.68. The molecule has 2 aliphatic heterocycles. The molecule has 0 aromatic heterocycles. The highest BCUT2D eigenvalue weighted by atomic mass is 19.4. The largest absolute Gasteiger partial charge is 0.480 e. The van der Waals surface area contributed by atoms with Gasteiger partial charge in [0.1, 0.15) is 5.75 Å². The minimum Gasteiger partial charge on any atom is -0.480 e. The van der Waals surface area contributed by atoms with E-state index in [4.69, 9.17) is 10.5 Å². The number of aliphatic imine (C=N–C) groups is 1. The molecule has 1 saturated carbocycles. The number of alkyl halides is 3. The molecule has 1 aliphatic carbocycles. The molecule has 0 radical (unpaired) electrons. The highest BCUT2D eigenvalue weighted by Crippen LogP contribution is 2.48. The van der Waals surface area contributed by atoms with E-state index in [1.165, 1.54) is 11.0 Å². The molecule has 186 valence electrons. The number of benzene rings is 1. The lowest BCUT2D eigenvalue weighted by molar-refractivity contribution is -0.201. The number of nitrogens with one attached hydrogen (secondary N) is 1. The van der Waals surface area contributed by atoms with Gasteiger partial charge in [0.05, 0.1) is 18.0 Å². The van der Waals surface area contributed by atoms with Crippen LogP contribution in [-0.4, -0.2) is 47.0 Å². The number of halogens is 3. The van der Waals surface area contributed by atoms with Crippen molar-refractivity contribution in [2.24, 2.45) is 28.5 Å². The van der Waals surface area contributed by atoms with Crippen molar-refractivity contribution >= 4 is 17.8 Å². The van der Waals surface area contributed by atoms with Crippen LogP contribution < -0.4 is 15.8 Å². The number of ether oxygens (including phenoxy) is 1. The predicted molar refractivity (Wildman–Crippen MR) is 120 cm³/mol. The second kappa shape index (κ2) is 8.78. The molecule has 0 spiro atoms. The average Bonchev–Trinajstić information content (AvgIpc) is 3.44. The highest BCUT2D eigenvalue weighted by molar-refractivity contribution is 5.99. The lowest BCUT2D eigenvalue weighted by Gasteiger charge is -2.36. The first kappa shape index (κ1) is 24.3. The molecule has 10 heteroatoms. The first-order valence-corrected chi connectivity index (χ1v) is 11.8. The first-order chi connectivity index (χ1) is 16.0. The summed E-state index contributed by atoms with van der Waals surface area (Å²) in [4.78, 5) is 31.9. The van der Waals surface area contributed by atoms with Gasteiger partial charge in [0.2, 0.25) is 11.8 Å². The van der Waals surface area contributed by atoms with Crippen molar-refractivity contribution in [3.63, 3.8) is 0 Å². The van der Waals surface area contributed by atoms with E-state index in [1.54, 1.807) is 18.2 Å². The van der Waals surface area contributed by atoms with Crippen molar-refractivity contribution in [1.82, 2.24) is 10.2 Å². The van der Waals surface area contributed by atoms with Crippen LogP contribution in [0.2, 0.25) is 0 Å². The van der Waals surface area contributed by atoms with Crippen molar-refractivity contribution in [2.45, 2.75) is 70.3 Å². The fraction of sp³-hybridized carbons (Fsp3) is 0.625. The number of nitrogens with zero attached hydrogens (tertiary/aromatic N) is 2. The van der Waals surface area contributed by atoms with E-state index < -0.39 is 36.2 Å². The molecule has 4 rings (SSSR count). The molecule has 34 heavy (non-hydrogen) atoms. The third-order valence-electron chi connectivity index (χ3n) is 7.68. The van der Waals surface area contributed by atoms with E-state index in [-0.39, 0.29) is 48.3 Å². The molecule has 1 fully saturated rings. The molecule has 1 aromatic carbocycles. The van der Waals surface area contributed by atoms with Crippen molar-refractivity contribution in [2.75, 3.05) is 6.54 Å². The number of carbonyl (C=O) groups excluding carboxylic acids is 2. The van der Waals surface area contributed by atoms with Gasteiger partial charge in [0.25, 0.3) is 0 Å². The van der Waals surface area contributed by atoms with Crippen molar-refractivity contribution in [3.05, 3.63) is 29.8 Å². The standard InChI is InChI=1S/C24H31F3N4O3/c1-4-23(5-2)11-19(32)31(22(28)30-23)12-15-13(3)20(15)21(33)29-16-10-18(24(25,26)27)34-17-9-7-6-8-14(16)17/h6-9,13,15-16,18,20H,4-5,10-12H2,1-3H3,(H2,28,30)(H,29,33)/t13?,15-,16-,18-,20-/m0/s1. The number of amides is 2. The molecule has 7 nitrogen and oxygen atoms in total. The molecule has 2 heterocycles. The summed E-state index contributed by atoms with van der Waals surface area (Å²) in [5.74, 6) is -0.717. The lowest BCUT2D eigenvalue weighted by atomic mass is 9.88. The Balaban J connectivity index is 1.44. The fourth-order valence-corrected chi connectivity index (χ4v) is 5.19. The normalized spacial score (nSPS) is 30.2. The molecule has 0 bridgehead atoms. The van der Waals surface area contributed by atoms with Crippen LogP contribution >= 0.6 is 0 Å². The summed E-state index contributed by atoms with van der Waals surface area (Å²) in [7, 11) is 0. The second-order valence-electron chi connectivity index (χ2n) is 9.61. The number of para-hydroxylation sites is 1. The van der Waals surface area contributed by atoms with Crippen molar-refractivity contribution in [1.29, 1.82) is 0 Å². The van der Waals surface area contributed by atoms with Crippen LogP contribution in [0.15, 0.2) is 29.3 Å². The second-order valence-corrected chi connectivity index (χ2v) is 9.61. The molecular formula is C24H31F3N4O3. The quantitative estimate of drug-likeness (QED) is 0.651. The Morgan fingerprint density at radius 1 is 1.29 bits per heavy atom. The maximum absolute atomic E-state index is 13.4. The summed E-state index contributed by atoms with van der Waals surface area (Å²) in [6.07, 6.45) is -5.22. The van der Waals surface area contributed by atoms with E-state index in [2.05, 4.69) is 10.3 Å². The number of fused-ring (bicyclic) bond motifs is 1. The van der Waals surface area contributed by atoms with Gasteiger partial charge in [-0.1, -0.05) is 39.0 Å². The van der Waals surface area contributed by atoms with Crippen LogP contribution in [0.1, 0.15) is 58.1 Å². The lowest BCUT2D eigenvalue weighted by Crippen LogP contribution is -2.52. The maximum Gasteiger partial charge on any atom is 0.425 e. The molecule has 2 amide bonds. The van der Waals surface area contributed by atoms with Crippen LogP contribution in [-0.2, 0) is 9.59 Å². The maximum atomic E-state index is 13.4. The van der Waals surface area contributed by atoms with Gasteiger partial charge in [0, 0.05) is 24.4 Å². The first-order valence-electron chi connectivity index (χ1n) is 11.8. The molecule has 5 atom stereocenters. The number of rotatable bonds is 6. The zero-order chi connectivity index (χ0) is 24.8. The Morgan fingerprint density at radius 2 is 1.97 bits per heavy atom. The summed E-state index contributed by atoms with van der Waals surface area (Å²) in [5, 5.41) is 2.81. The Morgan fingerprint density at radius 3 is 2.59 bits per heavy atom. The van der Waals surface area contributed by atoms with E-state index in [0.717, 1.165) is 0 Å². The average molecular weight is 481 g/mol. The van der Waals surface area contributed by atoms with Gasteiger partial charge in [-0.15, -0.1) is 0 Å². The Kier molecular flexibility index (Phi) is 6.29. The fourth-order valence-electron chi connectivity index (χ4n) is 5.19. The van der Waals surface area contributed by atoms with Gasteiger partial charge in [-0.25, -0.2) is 4.99 Å². The Hall–Kier alpha value is -2.78. The van der Waals surface area contributed by atoms with Crippen LogP contribution in [0.3, 0.4) is 0 Å². The number of carbonyl (C=O) groups is 2. The van der Waals surface area contributed by atoms with Crippen LogP contribution in [0.25, 0.3) is 0 Å². The van der Waals surface area contributed by atoms with Crippen molar-refractivity contribution < 1.29 is 27.5 Å². The zero-order valence-electron chi connectivity index (χ0n) is 19.6. The third kappa shape index (κ3) is 4.46. The van der Waals surface area contributed by atoms with Crippen LogP contribution in [0.4, 0.5) is 13.2 Å². The summed E-state index contributed by atoms with van der Waals surface area (Å²) < 4.78 is 45.3. The van der Waals surface area contributed by atoms with Crippen LogP contribution in [0.5, 0.6) is 5.75 Å². The minimum absolute atomic E-state index is 0.0295. The van der Waals surface area contributed by atoms with E-state index >= 15 is 0 Å². The summed E-state index contributed by atoms with van der Waals surface area (Å²) in [6.45, 7) is 6.12. The Bertz CT molecular complexity index is 992. The van der Waals surface area contributed by atoms with E-state index in [0.29, 0.717) is 18.4 Å². The van der Waals surface area contributed by atoms with Crippen molar-refractivity contribution in [3.8, 4) is 5.75 Å². The molecule has 1 unspecified atom stereocenters. The molecule has 0 saturated heterocycles. The number of hydrogen-bond donors (Lipinski definition) is 2. The summed E-state index contributed by atoms with van der Waals surface area (Å²) in [5.41, 5.74) is 6.18. The van der Waals surface area contributed by atoms with E-state index in [1.807, 2.05) is 20.8 Å². The SMILES string of the molecule is CCC1(CC)CC(=O)N(C[C@H]2C(C)[C@@H]2C(=O)N[C@H]2C[C@@H](C(F)(F)F)Oc3ccccc32)C(N)=N1. The number of hydrogen-bond acceptors (Lipinski definition) is 5. The number of nitrogens with two attached hydrogens (primary N) is 1. The monoisotopic (exact) mass is 480 g/mol. The zero-order valence-corrected chi connectivity index (χ0v) is 19.6. The van der Waals surface area contributed by atoms with Gasteiger partial charge in [0.15, 0.2) is 12.1 Å². The van der Waals surface area contributed by atoms with E-state index in [9.17, 15) is 22.8 Å². The molecule has 1 aromatic rings. The van der Waals surface area contributed by atoms with Gasteiger partial charge >= 0.3 is 6.18 Å². The Labute approximate surface area is 196 Å². The number of guanidine groups is 1. The predicted octanol–water partition coefficient (Wildman–Crippen LogP) is 3.55. The van der Waals surface area contributed by atoms with Gasteiger partial charge in [-0.3, -0.25) is 14.5 Å². The highest BCUT2D eigenvalue weighted by Gasteiger charge is 2.54. The smallest absolute Gasteiger partial charge is 0.425 e. The van der Waals surface area contributed by atoms with Gasteiger partial charge in [-0.05, 0) is 30.7 Å². The summed E-state index contributed by atoms with van der Waals surface area (Å²) >= 11 is 0. The molecule has 3 N–H and O–H groups in total. The van der Waals surface area contributed by atoms with Crippen LogP contribution in [0, 0.1) is 17.8 Å².